The number of hydrogen-bond acceptors (Lipinski definition) is 1. The van der Waals surface area contributed by atoms with Gasteiger partial charge in [0.05, 0.1) is 5.69 Å². The van der Waals surface area contributed by atoms with Crippen LogP contribution in [0.3, 0.4) is 0 Å². The third-order valence-corrected chi connectivity index (χ3v) is 4.16. The van der Waals surface area contributed by atoms with Crippen LogP contribution in [0.5, 0.6) is 0 Å². The second-order valence-corrected chi connectivity index (χ2v) is 5.09. The van der Waals surface area contributed by atoms with Gasteiger partial charge in [0.15, 0.2) is 0 Å². The number of allylic oxidation sites excluding steroid dienone is 1. The van der Waals surface area contributed by atoms with Gasteiger partial charge in [-0.15, -0.1) is 6.58 Å². The summed E-state index contributed by atoms with van der Waals surface area (Å²) in [5.41, 5.74) is 1.02. The number of rotatable bonds is 5. The quantitative estimate of drug-likeness (QED) is 0.683. The van der Waals surface area contributed by atoms with Crippen molar-refractivity contribution in [3.63, 3.8) is 0 Å². The summed E-state index contributed by atoms with van der Waals surface area (Å²) in [7, 11) is 0. The number of pyridine rings is 1. The molecule has 2 aromatic rings. The average Bonchev–Trinajstić information content (AvgIpc) is 2.50. The van der Waals surface area contributed by atoms with E-state index < -0.39 is 17.0 Å². The molecule has 0 amide bonds. The average molecular weight is 287 g/mol. The molecule has 1 aromatic carbocycles. The topological polar surface area (TPSA) is 12.9 Å². The fourth-order valence-electron chi connectivity index (χ4n) is 2.77. The van der Waals surface area contributed by atoms with Gasteiger partial charge in [0, 0.05) is 23.2 Å². The number of nitrogens with zero attached hydrogens (tertiary/aromatic N) is 1. The van der Waals surface area contributed by atoms with Crippen molar-refractivity contribution in [3.8, 4) is 11.3 Å². The van der Waals surface area contributed by atoms with Crippen LogP contribution in [0.1, 0.15) is 32.3 Å². The molecule has 1 aromatic heterocycles. The van der Waals surface area contributed by atoms with Gasteiger partial charge in [-0.1, -0.05) is 26.0 Å². The molecule has 0 fully saturated rings. The lowest BCUT2D eigenvalue weighted by Gasteiger charge is -2.31. The zero-order valence-corrected chi connectivity index (χ0v) is 12.4. The van der Waals surface area contributed by atoms with Crippen LogP contribution >= 0.6 is 0 Å². The summed E-state index contributed by atoms with van der Waals surface area (Å²) in [5, 5.41) is 0. The summed E-state index contributed by atoms with van der Waals surface area (Å²) in [4.78, 5) is 4.22. The molecule has 3 heteroatoms. The Morgan fingerprint density at radius 2 is 1.90 bits per heavy atom. The van der Waals surface area contributed by atoms with E-state index >= 15 is 0 Å². The van der Waals surface area contributed by atoms with Gasteiger partial charge < -0.3 is 0 Å². The van der Waals surface area contributed by atoms with Crippen LogP contribution in [0.15, 0.2) is 49.2 Å². The molecule has 0 bridgehead atoms. The van der Waals surface area contributed by atoms with Gasteiger partial charge in [-0.05, 0) is 36.6 Å². The van der Waals surface area contributed by atoms with Crippen LogP contribution in [-0.4, -0.2) is 4.98 Å². The maximum absolute atomic E-state index is 14.4. The first-order valence-corrected chi connectivity index (χ1v) is 7.12. The number of benzene rings is 1. The van der Waals surface area contributed by atoms with Crippen LogP contribution in [0, 0.1) is 11.6 Å². The first-order valence-electron chi connectivity index (χ1n) is 7.12. The van der Waals surface area contributed by atoms with E-state index in [0.29, 0.717) is 16.8 Å². The van der Waals surface area contributed by atoms with E-state index in [9.17, 15) is 8.78 Å². The van der Waals surface area contributed by atoms with Crippen molar-refractivity contribution < 1.29 is 8.78 Å². The molecule has 2 rings (SSSR count). The van der Waals surface area contributed by atoms with E-state index in [0.717, 1.165) is 18.9 Å². The van der Waals surface area contributed by atoms with Crippen LogP contribution < -0.4 is 0 Å². The van der Waals surface area contributed by atoms with Gasteiger partial charge in [0.2, 0.25) is 0 Å². The minimum Gasteiger partial charge on any atom is -0.256 e. The molecule has 0 saturated heterocycles. The second-order valence-electron chi connectivity index (χ2n) is 5.09. The predicted molar refractivity (Wildman–Crippen MR) is 82.0 cm³/mol. The third kappa shape index (κ3) is 2.73. The zero-order chi connectivity index (χ0) is 15.5. The van der Waals surface area contributed by atoms with Crippen molar-refractivity contribution in [1.82, 2.24) is 4.98 Å². The second kappa shape index (κ2) is 6.17. The summed E-state index contributed by atoms with van der Waals surface area (Å²) in [6.07, 6.45) is 4.83. The molecule has 1 nitrogen and oxygen atoms in total. The smallest absolute Gasteiger partial charge is 0.135 e. The van der Waals surface area contributed by atoms with Crippen LogP contribution in [-0.2, 0) is 5.41 Å². The Morgan fingerprint density at radius 3 is 2.43 bits per heavy atom. The van der Waals surface area contributed by atoms with Crippen LogP contribution in [0.25, 0.3) is 11.3 Å². The highest BCUT2D eigenvalue weighted by molar-refractivity contribution is 5.67. The Morgan fingerprint density at radius 1 is 1.19 bits per heavy atom. The molecule has 0 unspecified atom stereocenters. The molecular formula is C18H19F2N. The Hall–Kier alpha value is -2.03. The highest BCUT2D eigenvalue weighted by atomic mass is 19.1. The number of halogens is 2. The van der Waals surface area contributed by atoms with Crippen molar-refractivity contribution in [2.45, 2.75) is 32.1 Å². The molecule has 0 aliphatic rings. The Kier molecular flexibility index (Phi) is 4.51. The third-order valence-electron chi connectivity index (χ3n) is 4.16. The summed E-state index contributed by atoms with van der Waals surface area (Å²) >= 11 is 0. The monoisotopic (exact) mass is 287 g/mol. The standard InChI is InChI=1S/C18H19F2N/c1-4-18(5-2,6-3)14-11-13(19)12-15(20)17(14)16-9-7-8-10-21-16/h4,7-12H,1,5-6H2,2-3H3. The molecule has 0 aliphatic carbocycles. The molecule has 0 N–H and O–H groups in total. The molecule has 0 radical (unpaired) electrons. The lowest BCUT2D eigenvalue weighted by atomic mass is 9.73. The summed E-state index contributed by atoms with van der Waals surface area (Å²) in [5.74, 6) is -1.16. The van der Waals surface area contributed by atoms with E-state index in [4.69, 9.17) is 0 Å². The van der Waals surface area contributed by atoms with Gasteiger partial charge >= 0.3 is 0 Å². The molecule has 0 spiro atoms. The highest BCUT2D eigenvalue weighted by Crippen LogP contribution is 2.40. The van der Waals surface area contributed by atoms with E-state index in [1.54, 1.807) is 30.5 Å². The first kappa shape index (κ1) is 15.4. The predicted octanol–water partition coefficient (Wildman–Crippen LogP) is 5.27. The van der Waals surface area contributed by atoms with Crippen molar-refractivity contribution >= 4 is 0 Å². The van der Waals surface area contributed by atoms with E-state index in [1.165, 1.54) is 6.07 Å². The molecule has 1 heterocycles. The number of hydrogen-bond donors (Lipinski definition) is 0. The Labute approximate surface area is 124 Å². The zero-order valence-electron chi connectivity index (χ0n) is 12.4. The maximum atomic E-state index is 14.4. The fourth-order valence-corrected chi connectivity index (χ4v) is 2.77. The van der Waals surface area contributed by atoms with Gasteiger partial charge in [-0.2, -0.15) is 0 Å². The summed E-state index contributed by atoms with van der Waals surface area (Å²) < 4.78 is 28.2. The lowest BCUT2D eigenvalue weighted by molar-refractivity contribution is 0.488. The van der Waals surface area contributed by atoms with Crippen molar-refractivity contribution in [2.24, 2.45) is 0 Å². The molecule has 0 saturated carbocycles. The normalized spacial score (nSPS) is 11.4. The molecular weight excluding hydrogens is 268 g/mol. The van der Waals surface area contributed by atoms with Crippen molar-refractivity contribution in [1.29, 1.82) is 0 Å². The minimum absolute atomic E-state index is 0.362. The van der Waals surface area contributed by atoms with Crippen LogP contribution in [0.2, 0.25) is 0 Å². The summed E-state index contributed by atoms with van der Waals surface area (Å²) in [6.45, 7) is 7.87. The van der Waals surface area contributed by atoms with Gasteiger partial charge in [0.25, 0.3) is 0 Å². The van der Waals surface area contributed by atoms with E-state index in [-0.39, 0.29) is 0 Å². The van der Waals surface area contributed by atoms with Crippen molar-refractivity contribution in [3.05, 3.63) is 66.4 Å². The van der Waals surface area contributed by atoms with Crippen LogP contribution in [0.4, 0.5) is 8.78 Å². The van der Waals surface area contributed by atoms with Crippen molar-refractivity contribution in [2.75, 3.05) is 0 Å². The van der Waals surface area contributed by atoms with E-state index in [1.807, 2.05) is 13.8 Å². The largest absolute Gasteiger partial charge is 0.256 e. The molecule has 0 atom stereocenters. The summed E-state index contributed by atoms with van der Waals surface area (Å²) in [6, 6.07) is 7.61. The van der Waals surface area contributed by atoms with Gasteiger partial charge in [-0.25, -0.2) is 8.78 Å². The Bertz CT molecular complexity index is 631. The first-order chi connectivity index (χ1) is 10.1. The van der Waals surface area contributed by atoms with Gasteiger partial charge in [0.1, 0.15) is 11.6 Å². The molecule has 110 valence electrons. The lowest BCUT2D eigenvalue weighted by Crippen LogP contribution is -2.23. The minimum atomic E-state index is -0.586. The molecule has 21 heavy (non-hydrogen) atoms. The SMILES string of the molecule is C=CC(CC)(CC)c1cc(F)cc(F)c1-c1ccccn1. The fraction of sp³-hybridized carbons (Fsp3) is 0.278. The van der Waals surface area contributed by atoms with E-state index in [2.05, 4.69) is 11.6 Å². The molecule has 0 aliphatic heterocycles. The van der Waals surface area contributed by atoms with Gasteiger partial charge in [-0.3, -0.25) is 4.98 Å². The highest BCUT2D eigenvalue weighted by Gasteiger charge is 2.30. The Balaban J connectivity index is 2.79. The maximum Gasteiger partial charge on any atom is 0.135 e. The number of aromatic nitrogens is 1.